The molecule has 27 nitrogen and oxygen atoms in total. The average Bonchev–Trinajstić information content (AvgIpc) is 2.95. The van der Waals surface area contributed by atoms with Crippen molar-refractivity contribution in [2.24, 2.45) is 0 Å². The molecule has 0 aromatic carbocycles. The second kappa shape index (κ2) is 28.2. The van der Waals surface area contributed by atoms with Gasteiger partial charge >= 0.3 is 0 Å². The summed E-state index contributed by atoms with van der Waals surface area (Å²) in [5.41, 5.74) is -3.43. The minimum atomic E-state index is -5.30. The molecule has 0 spiro atoms. The van der Waals surface area contributed by atoms with Crippen LogP contribution in [0.4, 0.5) is 0 Å². The molecule has 0 radical (unpaired) electrons. The van der Waals surface area contributed by atoms with E-state index in [1.54, 1.807) is 13.8 Å². The van der Waals surface area contributed by atoms with Crippen molar-refractivity contribution >= 4 is 80.6 Å². The summed E-state index contributed by atoms with van der Waals surface area (Å²) in [6.45, 7) is 3.62. The standard InChI is InChI=1S/C11H28N4O8S4.C7H19O9P3.C3H9O3P.C3H8O3S/c1-13(25(3,18)19)8-9-15(27(5,22)23)11-10-14(26(4,20)21)7-6-12-24(2,16)17;1-2-6(18(11,12)13)5-7(19(14,15)16)3-4-17(8,9)10;2*1-2-3-7(4,5)6/h12H,6-11H2,1-5H3;6-7H,2-5H2,1H3,(H2,8,9,10)(H2,11,12,13)(H2,14,15,16);2-3H2,1H3,(H2,4,5,6);2-3H2,1H3,(H,4,5,6)/p-9. The lowest BCUT2D eigenvalue weighted by Gasteiger charge is -2.45. The largest absolute Gasteiger partial charge is 0.811 e. The predicted molar refractivity (Wildman–Crippen MR) is 206 cm³/mol. The van der Waals surface area contributed by atoms with E-state index < -0.39 is 111 Å². The van der Waals surface area contributed by atoms with Crippen molar-refractivity contribution < 1.29 is 104 Å². The van der Waals surface area contributed by atoms with Crippen molar-refractivity contribution in [3.63, 3.8) is 0 Å². The Morgan fingerprint density at radius 1 is 0.550 bits per heavy atom. The molecule has 0 saturated carbocycles. The Labute approximate surface area is 354 Å². The van der Waals surface area contributed by atoms with E-state index >= 15 is 0 Å². The van der Waals surface area contributed by atoms with E-state index in [4.69, 9.17) is 0 Å². The number of nitrogens with zero attached hydrogens (tertiary/aromatic N) is 3. The fourth-order valence-corrected chi connectivity index (χ4v) is 10.5. The molecule has 0 heterocycles. The first-order chi connectivity index (χ1) is 26.2. The smallest absolute Gasteiger partial charge is 0.211 e. The lowest BCUT2D eigenvalue weighted by Crippen LogP contribution is -2.45. The minimum Gasteiger partial charge on any atom is -0.811 e. The highest BCUT2D eigenvalue weighted by Gasteiger charge is 2.24. The van der Waals surface area contributed by atoms with Crippen LogP contribution in [0.1, 0.15) is 52.9 Å². The van der Waals surface area contributed by atoms with Gasteiger partial charge in [-0.25, -0.2) is 51.1 Å². The van der Waals surface area contributed by atoms with E-state index in [1.807, 2.05) is 0 Å². The fraction of sp³-hybridized carbons (Fsp3) is 1.00. The molecule has 0 bridgehead atoms. The third-order valence-corrected chi connectivity index (χ3v) is 17.3. The van der Waals surface area contributed by atoms with Crippen molar-refractivity contribution in [1.29, 1.82) is 0 Å². The topological polar surface area (TPSA) is 468 Å². The van der Waals surface area contributed by atoms with E-state index in [0.29, 0.717) is 12.8 Å². The number of hydrogen-bond donors (Lipinski definition) is 1. The van der Waals surface area contributed by atoms with Crippen LogP contribution < -0.4 is 43.9 Å². The van der Waals surface area contributed by atoms with Crippen LogP contribution in [0, 0.1) is 0 Å². The second-order valence-corrected chi connectivity index (χ2v) is 29.2. The van der Waals surface area contributed by atoms with Crippen LogP contribution in [0.5, 0.6) is 0 Å². The Morgan fingerprint density at radius 3 is 1.17 bits per heavy atom. The number of nitrogens with one attached hydrogen (secondary N) is 1. The third-order valence-electron chi connectivity index (χ3n) is 7.09. The maximum absolute atomic E-state index is 11.9. The Balaban J connectivity index is -0.000000407. The quantitative estimate of drug-likeness (QED) is 0.0655. The van der Waals surface area contributed by atoms with Gasteiger partial charge in [0, 0.05) is 52.1 Å². The van der Waals surface area contributed by atoms with Crippen molar-refractivity contribution in [2.45, 2.75) is 64.2 Å². The normalized spacial score (nSPS) is 14.7. The first kappa shape index (κ1) is 66.7. The number of sulfonamides is 4. The fourth-order valence-electron chi connectivity index (χ4n) is 3.95. The third kappa shape index (κ3) is 42.1. The Hall–Kier alpha value is 0.150. The Kier molecular flexibility index (Phi) is 31.4. The summed E-state index contributed by atoms with van der Waals surface area (Å²) in [5.74, 6) is -0.243. The molecule has 0 aliphatic rings. The van der Waals surface area contributed by atoms with Crippen molar-refractivity contribution in [3.05, 3.63) is 0 Å². The van der Waals surface area contributed by atoms with Crippen LogP contribution in [0.2, 0.25) is 0 Å². The molecule has 36 heteroatoms. The molecule has 0 fully saturated rings. The average molecular weight is 1050 g/mol. The van der Waals surface area contributed by atoms with Gasteiger partial charge in [0.1, 0.15) is 0 Å². The van der Waals surface area contributed by atoms with Gasteiger partial charge in [-0.05, 0) is 49.3 Å². The summed E-state index contributed by atoms with van der Waals surface area (Å²) in [6, 6.07) is 0. The van der Waals surface area contributed by atoms with Gasteiger partial charge in [-0.15, -0.1) is 0 Å². The summed E-state index contributed by atoms with van der Waals surface area (Å²) in [5, 5.41) is 0. The molecule has 60 heavy (non-hydrogen) atoms. The van der Waals surface area contributed by atoms with Crippen LogP contribution in [-0.2, 0) is 68.5 Å². The van der Waals surface area contributed by atoms with Gasteiger partial charge in [0.25, 0.3) is 0 Å². The van der Waals surface area contributed by atoms with Gasteiger partial charge in [-0.3, -0.25) is 0 Å². The summed E-state index contributed by atoms with van der Waals surface area (Å²) in [7, 11) is -36.6. The van der Waals surface area contributed by atoms with Gasteiger partial charge in [0.2, 0.25) is 40.1 Å². The molecule has 2 unspecified atom stereocenters. The van der Waals surface area contributed by atoms with Gasteiger partial charge in [0.05, 0.1) is 35.1 Å². The highest BCUT2D eigenvalue weighted by molar-refractivity contribution is 7.89. The van der Waals surface area contributed by atoms with Gasteiger partial charge in [-0.2, -0.15) is 8.61 Å². The summed E-state index contributed by atoms with van der Waals surface area (Å²) < 4.78 is 168. The molecule has 0 saturated heterocycles. The zero-order valence-electron chi connectivity index (χ0n) is 34.1. The zero-order valence-corrected chi connectivity index (χ0v) is 41.8. The molecule has 368 valence electrons. The number of likely N-dealkylation sites (N-methyl/N-ethyl adjacent to an activating group) is 1. The molecular weight excluding hydrogens is 996 g/mol. The van der Waals surface area contributed by atoms with Crippen molar-refractivity contribution in [1.82, 2.24) is 17.6 Å². The summed E-state index contributed by atoms with van der Waals surface area (Å²) >= 11 is 0. The number of rotatable bonds is 25. The van der Waals surface area contributed by atoms with Gasteiger partial charge in [-0.1, -0.05) is 57.6 Å². The molecule has 0 aliphatic carbocycles. The molecule has 2 atom stereocenters. The van der Waals surface area contributed by atoms with Crippen molar-refractivity contribution in [2.75, 3.05) is 89.4 Å². The van der Waals surface area contributed by atoms with Crippen LogP contribution in [0.15, 0.2) is 0 Å². The highest BCUT2D eigenvalue weighted by Crippen LogP contribution is 2.45. The van der Waals surface area contributed by atoms with Gasteiger partial charge in [0.15, 0.2) is 0 Å². The molecule has 0 aromatic rings. The van der Waals surface area contributed by atoms with Crippen LogP contribution in [0.3, 0.4) is 0 Å². The first-order valence-corrected chi connectivity index (χ1v) is 32.7. The zero-order chi connectivity index (χ0) is 49.0. The molecular formula is C24H55N4O23P4S5-9. The first-order valence-electron chi connectivity index (χ1n) is 17.0. The van der Waals surface area contributed by atoms with E-state index in [-0.39, 0.29) is 57.6 Å². The SMILES string of the molecule is CCC(CC(CCP(=O)([O-])[O-])P(=O)([O-])[O-])P(=O)([O-])[O-].CCCP(=O)([O-])[O-].CCCS(=O)(=O)[O-].CN(CCN(CCN(CCNS(C)(=O)=O)S(C)(=O)=O)S(C)(=O)=O)S(C)(=O)=O. The van der Waals surface area contributed by atoms with Crippen LogP contribution >= 0.6 is 30.4 Å². The second-order valence-electron chi connectivity index (χ2n) is 12.8. The maximum Gasteiger partial charge on any atom is 0.211 e. The lowest BCUT2D eigenvalue weighted by molar-refractivity contribution is -0.319. The summed E-state index contributed by atoms with van der Waals surface area (Å²) in [6.07, 6.45) is 1.52. The van der Waals surface area contributed by atoms with Crippen molar-refractivity contribution in [3.8, 4) is 0 Å². The van der Waals surface area contributed by atoms with Crippen LogP contribution in [0.25, 0.3) is 0 Å². The molecule has 0 rings (SSSR count). The summed E-state index contributed by atoms with van der Waals surface area (Å²) in [4.78, 5) is 83.7. The predicted octanol–water partition coefficient (Wildman–Crippen LogP) is -7.14. The maximum atomic E-state index is 11.9. The van der Waals surface area contributed by atoms with E-state index in [1.165, 1.54) is 14.0 Å². The van der Waals surface area contributed by atoms with E-state index in [0.717, 1.165) is 37.9 Å². The molecule has 1 N–H and O–H groups in total. The Bertz CT molecular complexity index is 2020. The van der Waals surface area contributed by atoms with E-state index in [9.17, 15) is 104 Å². The van der Waals surface area contributed by atoms with E-state index in [2.05, 4.69) is 4.72 Å². The molecule has 0 aliphatic heterocycles. The lowest BCUT2D eigenvalue weighted by atomic mass is 10.1. The minimum absolute atomic E-state index is 0.0968. The highest BCUT2D eigenvalue weighted by atomic mass is 32.2. The van der Waals surface area contributed by atoms with Gasteiger partial charge < -0.3 is 62.0 Å². The molecule has 0 amide bonds. The Morgan fingerprint density at radius 2 is 0.933 bits per heavy atom. The number of hydrogen-bond acceptors (Lipinski definition) is 23. The monoisotopic (exact) mass is 1050 g/mol. The molecule has 0 aromatic heterocycles. The van der Waals surface area contributed by atoms with Crippen LogP contribution in [-0.4, -0.2) is 160 Å².